The molecule has 0 heterocycles. The van der Waals surface area contributed by atoms with E-state index in [1.54, 1.807) is 36.4 Å². The van der Waals surface area contributed by atoms with Crippen LogP contribution in [-0.2, 0) is 0 Å². The Morgan fingerprint density at radius 1 is 1.30 bits per heavy atom. The maximum Gasteiger partial charge on any atom is 0.256 e. The molecular formula is C14H12BrClN2O2. The highest BCUT2D eigenvalue weighted by Gasteiger charge is 2.13. The van der Waals surface area contributed by atoms with Gasteiger partial charge in [0.15, 0.2) is 0 Å². The molecular weight excluding hydrogens is 344 g/mol. The summed E-state index contributed by atoms with van der Waals surface area (Å²) < 4.78 is 5.81. The molecule has 0 spiro atoms. The molecule has 0 bridgehead atoms. The number of anilines is 2. The minimum absolute atomic E-state index is 0.267. The fourth-order valence-electron chi connectivity index (χ4n) is 1.67. The highest BCUT2D eigenvalue weighted by Crippen LogP contribution is 2.28. The number of nitrogens with two attached hydrogens (primary N) is 1. The Labute approximate surface area is 130 Å². The van der Waals surface area contributed by atoms with E-state index >= 15 is 0 Å². The third-order valence-electron chi connectivity index (χ3n) is 2.65. The first-order valence-electron chi connectivity index (χ1n) is 5.71. The number of nitrogens with one attached hydrogen (secondary N) is 1. The normalized spacial score (nSPS) is 10.2. The maximum atomic E-state index is 12.2. The molecule has 3 N–H and O–H groups in total. The summed E-state index contributed by atoms with van der Waals surface area (Å²) in [5, 5.41) is 3.33. The summed E-state index contributed by atoms with van der Waals surface area (Å²) in [6.07, 6.45) is 0. The zero-order valence-electron chi connectivity index (χ0n) is 10.6. The first kappa shape index (κ1) is 14.7. The first-order chi connectivity index (χ1) is 9.51. The van der Waals surface area contributed by atoms with Crippen molar-refractivity contribution in [1.29, 1.82) is 0 Å². The second kappa shape index (κ2) is 6.15. The lowest BCUT2D eigenvalue weighted by molar-refractivity contribution is 0.102. The largest absolute Gasteiger partial charge is 0.494 e. The third-order valence-corrected chi connectivity index (χ3v) is 3.54. The van der Waals surface area contributed by atoms with Crippen molar-refractivity contribution in [2.24, 2.45) is 0 Å². The third kappa shape index (κ3) is 3.23. The van der Waals surface area contributed by atoms with Crippen LogP contribution in [0, 0.1) is 0 Å². The van der Waals surface area contributed by atoms with Crippen LogP contribution < -0.4 is 15.8 Å². The van der Waals surface area contributed by atoms with E-state index in [1.807, 2.05) is 0 Å². The Morgan fingerprint density at radius 3 is 2.70 bits per heavy atom. The number of carbonyl (C=O) groups excluding carboxylic acids is 1. The Morgan fingerprint density at radius 2 is 2.05 bits per heavy atom. The van der Waals surface area contributed by atoms with Gasteiger partial charge in [0, 0.05) is 21.2 Å². The maximum absolute atomic E-state index is 12.2. The monoisotopic (exact) mass is 354 g/mol. The van der Waals surface area contributed by atoms with Crippen LogP contribution in [0.1, 0.15) is 10.4 Å². The van der Waals surface area contributed by atoms with E-state index in [9.17, 15) is 4.79 Å². The van der Waals surface area contributed by atoms with Gasteiger partial charge in [-0.2, -0.15) is 0 Å². The standard InChI is InChI=1S/C14H12BrClN2O2/c1-20-13-7-9(17)3-5-12(13)18-14(19)10-4-2-8(16)6-11(10)15/h2-7H,17H2,1H3,(H,18,19). The first-order valence-corrected chi connectivity index (χ1v) is 6.88. The number of methoxy groups -OCH3 is 1. The van der Waals surface area contributed by atoms with Gasteiger partial charge in [0.25, 0.3) is 5.91 Å². The van der Waals surface area contributed by atoms with Gasteiger partial charge in [-0.05, 0) is 46.3 Å². The number of hydrogen-bond acceptors (Lipinski definition) is 3. The lowest BCUT2D eigenvalue weighted by Gasteiger charge is -2.11. The summed E-state index contributed by atoms with van der Waals surface area (Å²) in [4.78, 5) is 12.2. The molecule has 2 rings (SSSR count). The van der Waals surface area contributed by atoms with Gasteiger partial charge in [-0.3, -0.25) is 4.79 Å². The second-order valence-corrected chi connectivity index (χ2v) is 5.33. The van der Waals surface area contributed by atoms with Crippen LogP contribution in [-0.4, -0.2) is 13.0 Å². The van der Waals surface area contributed by atoms with Crippen molar-refractivity contribution in [3.05, 3.63) is 51.5 Å². The van der Waals surface area contributed by atoms with Crippen LogP contribution in [0.5, 0.6) is 5.75 Å². The van der Waals surface area contributed by atoms with E-state index in [-0.39, 0.29) is 5.91 Å². The van der Waals surface area contributed by atoms with Crippen LogP contribution in [0.25, 0.3) is 0 Å². The van der Waals surface area contributed by atoms with Crippen molar-refractivity contribution in [1.82, 2.24) is 0 Å². The summed E-state index contributed by atoms with van der Waals surface area (Å²) >= 11 is 9.16. The molecule has 4 nitrogen and oxygen atoms in total. The summed E-state index contributed by atoms with van der Waals surface area (Å²) in [5.74, 6) is 0.236. The van der Waals surface area contributed by atoms with Gasteiger partial charge in [0.05, 0.1) is 18.4 Å². The number of ether oxygens (including phenoxy) is 1. The molecule has 0 aliphatic carbocycles. The van der Waals surface area contributed by atoms with Crippen molar-refractivity contribution >= 4 is 44.8 Å². The summed E-state index contributed by atoms with van der Waals surface area (Å²) in [7, 11) is 1.52. The number of halogens is 2. The van der Waals surface area contributed by atoms with Gasteiger partial charge in [0.2, 0.25) is 0 Å². The van der Waals surface area contributed by atoms with Crippen molar-refractivity contribution in [2.75, 3.05) is 18.2 Å². The summed E-state index contributed by atoms with van der Waals surface area (Å²) in [6.45, 7) is 0. The van der Waals surface area contributed by atoms with E-state index < -0.39 is 0 Å². The predicted octanol–water partition coefficient (Wildman–Crippen LogP) is 3.95. The molecule has 2 aromatic rings. The van der Waals surface area contributed by atoms with Gasteiger partial charge in [-0.1, -0.05) is 11.6 Å². The van der Waals surface area contributed by atoms with Gasteiger partial charge in [-0.25, -0.2) is 0 Å². The fraction of sp³-hybridized carbons (Fsp3) is 0.0714. The number of nitrogen functional groups attached to an aromatic ring is 1. The zero-order valence-corrected chi connectivity index (χ0v) is 13.0. The molecule has 0 saturated carbocycles. The molecule has 0 unspecified atom stereocenters. The van der Waals surface area contributed by atoms with Crippen molar-refractivity contribution in [2.45, 2.75) is 0 Å². The average molecular weight is 356 g/mol. The summed E-state index contributed by atoms with van der Waals surface area (Å²) in [6, 6.07) is 9.99. The molecule has 0 radical (unpaired) electrons. The van der Waals surface area contributed by atoms with E-state index in [0.29, 0.717) is 32.2 Å². The van der Waals surface area contributed by atoms with Crippen LogP contribution in [0.15, 0.2) is 40.9 Å². The lowest BCUT2D eigenvalue weighted by atomic mass is 10.2. The molecule has 20 heavy (non-hydrogen) atoms. The van der Waals surface area contributed by atoms with Gasteiger partial charge in [-0.15, -0.1) is 0 Å². The number of amides is 1. The van der Waals surface area contributed by atoms with Crippen LogP contribution in [0.4, 0.5) is 11.4 Å². The Bertz CT molecular complexity index is 662. The summed E-state index contributed by atoms with van der Waals surface area (Å²) in [5.41, 5.74) is 7.26. The van der Waals surface area contributed by atoms with Crippen LogP contribution in [0.3, 0.4) is 0 Å². The van der Waals surface area contributed by atoms with Crippen molar-refractivity contribution < 1.29 is 9.53 Å². The SMILES string of the molecule is COc1cc(N)ccc1NC(=O)c1ccc(Cl)cc1Br. The van der Waals surface area contributed by atoms with Crippen molar-refractivity contribution in [3.8, 4) is 5.75 Å². The fourth-order valence-corrected chi connectivity index (χ4v) is 2.54. The minimum Gasteiger partial charge on any atom is -0.494 e. The van der Waals surface area contributed by atoms with E-state index in [2.05, 4.69) is 21.2 Å². The quantitative estimate of drug-likeness (QED) is 0.820. The zero-order chi connectivity index (χ0) is 14.7. The van der Waals surface area contributed by atoms with Crippen LogP contribution in [0.2, 0.25) is 5.02 Å². The van der Waals surface area contributed by atoms with Gasteiger partial charge < -0.3 is 15.8 Å². The Hall–Kier alpha value is -1.72. The molecule has 1 amide bonds. The molecule has 2 aromatic carbocycles. The van der Waals surface area contributed by atoms with Gasteiger partial charge >= 0.3 is 0 Å². The second-order valence-electron chi connectivity index (χ2n) is 4.04. The molecule has 0 aliphatic heterocycles. The van der Waals surface area contributed by atoms with Crippen LogP contribution >= 0.6 is 27.5 Å². The van der Waals surface area contributed by atoms with Gasteiger partial charge in [0.1, 0.15) is 5.75 Å². The molecule has 6 heteroatoms. The number of benzene rings is 2. The number of carbonyl (C=O) groups is 1. The topological polar surface area (TPSA) is 64.3 Å². The van der Waals surface area contributed by atoms with E-state index in [4.69, 9.17) is 22.1 Å². The smallest absolute Gasteiger partial charge is 0.256 e. The molecule has 0 atom stereocenters. The van der Waals surface area contributed by atoms with E-state index in [1.165, 1.54) is 7.11 Å². The molecule has 104 valence electrons. The van der Waals surface area contributed by atoms with Crippen molar-refractivity contribution in [3.63, 3.8) is 0 Å². The lowest BCUT2D eigenvalue weighted by Crippen LogP contribution is -2.13. The predicted molar refractivity (Wildman–Crippen MR) is 84.5 cm³/mol. The molecule has 0 aliphatic rings. The average Bonchev–Trinajstić information content (AvgIpc) is 2.40. The number of rotatable bonds is 3. The molecule has 0 saturated heterocycles. The Kier molecular flexibility index (Phi) is 4.52. The highest BCUT2D eigenvalue weighted by molar-refractivity contribution is 9.10. The highest BCUT2D eigenvalue weighted by atomic mass is 79.9. The number of hydrogen-bond donors (Lipinski definition) is 2. The molecule has 0 fully saturated rings. The van der Waals surface area contributed by atoms with E-state index in [0.717, 1.165) is 0 Å². The minimum atomic E-state index is -0.267. The Balaban J connectivity index is 2.28. The molecule has 0 aromatic heterocycles.